The predicted molar refractivity (Wildman–Crippen MR) is 111 cm³/mol. The number of aromatic nitrogens is 5. The summed E-state index contributed by atoms with van der Waals surface area (Å²) >= 11 is 12.4. The number of nitrogen functional groups attached to an aromatic ring is 1. The Hall–Kier alpha value is -3.56. The first-order valence-electron chi connectivity index (χ1n) is 8.48. The smallest absolute Gasteiger partial charge is 0.258 e. The van der Waals surface area contributed by atoms with E-state index in [1.807, 2.05) is 0 Å². The van der Waals surface area contributed by atoms with Gasteiger partial charge < -0.3 is 11.1 Å². The molecule has 0 aliphatic carbocycles. The molecule has 0 unspecified atom stereocenters. The van der Waals surface area contributed by atoms with Crippen LogP contribution in [0.3, 0.4) is 0 Å². The first kappa shape index (κ1) is 19.7. The number of nitrogens with one attached hydrogen (secondary N) is 1. The summed E-state index contributed by atoms with van der Waals surface area (Å²) in [6.07, 6.45) is 4.40. The number of halogens is 3. The topological polar surface area (TPSA) is 112 Å². The molecule has 0 atom stereocenters. The minimum atomic E-state index is -0.506. The Bertz CT molecular complexity index is 1250. The monoisotopic (exact) mass is 443 g/mol. The average molecular weight is 444 g/mol. The number of carbonyl (C=O) groups is 1. The van der Waals surface area contributed by atoms with Crippen LogP contribution in [-0.2, 0) is 0 Å². The van der Waals surface area contributed by atoms with Crippen molar-refractivity contribution in [1.29, 1.82) is 0 Å². The van der Waals surface area contributed by atoms with Crippen molar-refractivity contribution in [3.05, 3.63) is 76.5 Å². The summed E-state index contributed by atoms with van der Waals surface area (Å²) < 4.78 is 13.3. The molecule has 0 aliphatic rings. The van der Waals surface area contributed by atoms with E-state index in [4.69, 9.17) is 28.9 Å². The van der Waals surface area contributed by atoms with Crippen molar-refractivity contribution in [2.24, 2.45) is 0 Å². The molecule has 4 rings (SSSR count). The molecule has 0 bridgehead atoms. The van der Waals surface area contributed by atoms with Gasteiger partial charge in [-0.1, -0.05) is 23.2 Å². The number of rotatable bonds is 4. The van der Waals surface area contributed by atoms with Gasteiger partial charge in [-0.05, 0) is 36.4 Å². The van der Waals surface area contributed by atoms with Crippen molar-refractivity contribution in [2.75, 3.05) is 11.1 Å². The minimum absolute atomic E-state index is 0.0369. The van der Waals surface area contributed by atoms with Crippen molar-refractivity contribution in [1.82, 2.24) is 25.0 Å². The maximum absolute atomic E-state index is 13.3. The highest BCUT2D eigenvalue weighted by Gasteiger charge is 2.16. The van der Waals surface area contributed by atoms with Crippen LogP contribution in [0.25, 0.3) is 17.1 Å². The molecule has 0 aliphatic heterocycles. The quantitative estimate of drug-likeness (QED) is 0.364. The minimum Gasteiger partial charge on any atom is -0.398 e. The van der Waals surface area contributed by atoms with Crippen LogP contribution in [0.4, 0.5) is 15.8 Å². The highest BCUT2D eigenvalue weighted by Crippen LogP contribution is 2.28. The number of hydrogen-bond acceptors (Lipinski definition) is 6. The van der Waals surface area contributed by atoms with Crippen molar-refractivity contribution in [3.63, 3.8) is 0 Å². The lowest BCUT2D eigenvalue weighted by Crippen LogP contribution is -2.14. The number of anilines is 2. The summed E-state index contributed by atoms with van der Waals surface area (Å²) in [5, 5.41) is 10.8. The number of hydrogen-bond donors (Lipinski definition) is 2. The van der Waals surface area contributed by atoms with E-state index < -0.39 is 11.7 Å². The molecule has 8 nitrogen and oxygen atoms in total. The van der Waals surface area contributed by atoms with Crippen molar-refractivity contribution in [2.45, 2.75) is 0 Å². The maximum Gasteiger partial charge on any atom is 0.258 e. The van der Waals surface area contributed by atoms with Crippen molar-refractivity contribution in [3.8, 4) is 17.1 Å². The standard InChI is InChI=1S/C19H12Cl2FN7O/c20-14-8-11(9-24-18(14)29-25-5-6-26-29)27-19(30)13-3-4-16(28-17(13)21)12-2-1-10(22)7-15(12)23/h1-9H,23H2,(H,27,30). The summed E-state index contributed by atoms with van der Waals surface area (Å²) in [4.78, 5) is 22.2. The maximum atomic E-state index is 13.3. The molecule has 0 fully saturated rings. The second-order valence-electron chi connectivity index (χ2n) is 6.07. The third kappa shape index (κ3) is 3.93. The van der Waals surface area contributed by atoms with Gasteiger partial charge in [-0.3, -0.25) is 4.79 Å². The van der Waals surface area contributed by atoms with Gasteiger partial charge >= 0.3 is 0 Å². The molecule has 1 amide bonds. The van der Waals surface area contributed by atoms with Gasteiger partial charge in [-0.25, -0.2) is 14.4 Å². The molecule has 4 aromatic rings. The van der Waals surface area contributed by atoms with Crippen molar-refractivity contribution < 1.29 is 9.18 Å². The summed E-state index contributed by atoms with van der Waals surface area (Å²) in [5.74, 6) is -0.644. The Balaban J connectivity index is 1.56. The van der Waals surface area contributed by atoms with Gasteiger partial charge in [0.25, 0.3) is 5.91 Å². The Morgan fingerprint density at radius 2 is 1.87 bits per heavy atom. The van der Waals surface area contributed by atoms with Gasteiger partial charge in [-0.15, -0.1) is 4.80 Å². The predicted octanol–water partition coefficient (Wildman–Crippen LogP) is 4.00. The van der Waals surface area contributed by atoms with Crippen LogP contribution in [0.1, 0.15) is 10.4 Å². The van der Waals surface area contributed by atoms with Crippen LogP contribution in [0.2, 0.25) is 10.2 Å². The number of carbonyl (C=O) groups excluding carboxylic acids is 1. The van der Waals surface area contributed by atoms with Crippen LogP contribution >= 0.6 is 23.2 Å². The van der Waals surface area contributed by atoms with E-state index in [9.17, 15) is 9.18 Å². The van der Waals surface area contributed by atoms with Gasteiger partial charge in [0.1, 0.15) is 11.0 Å². The van der Waals surface area contributed by atoms with Gasteiger partial charge in [0.05, 0.1) is 40.6 Å². The molecule has 0 saturated carbocycles. The van der Waals surface area contributed by atoms with Crippen LogP contribution in [0.15, 0.2) is 55.0 Å². The summed E-state index contributed by atoms with van der Waals surface area (Å²) in [7, 11) is 0. The van der Waals surface area contributed by atoms with E-state index >= 15 is 0 Å². The fourth-order valence-electron chi connectivity index (χ4n) is 2.69. The third-order valence-electron chi connectivity index (χ3n) is 4.07. The third-order valence-corrected chi connectivity index (χ3v) is 4.64. The molecule has 0 saturated heterocycles. The van der Waals surface area contributed by atoms with Gasteiger partial charge in [0.2, 0.25) is 0 Å². The Labute approximate surface area is 179 Å². The number of nitrogens with zero attached hydrogens (tertiary/aromatic N) is 5. The van der Waals surface area contributed by atoms with Gasteiger partial charge in [0.15, 0.2) is 5.82 Å². The van der Waals surface area contributed by atoms with Gasteiger partial charge in [0, 0.05) is 11.3 Å². The summed E-state index contributed by atoms with van der Waals surface area (Å²) in [6.45, 7) is 0. The van der Waals surface area contributed by atoms with Crippen molar-refractivity contribution >= 4 is 40.5 Å². The SMILES string of the molecule is Nc1cc(F)ccc1-c1ccc(C(=O)Nc2cnc(-n3nccn3)c(Cl)c2)c(Cl)n1. The molecule has 3 heterocycles. The second kappa shape index (κ2) is 8.05. The molecule has 3 aromatic heterocycles. The highest BCUT2D eigenvalue weighted by molar-refractivity contribution is 6.34. The number of amides is 1. The fourth-order valence-corrected chi connectivity index (χ4v) is 3.17. The van der Waals surface area contributed by atoms with Crippen LogP contribution in [0.5, 0.6) is 0 Å². The van der Waals surface area contributed by atoms with Gasteiger partial charge in [-0.2, -0.15) is 10.2 Å². The van der Waals surface area contributed by atoms with E-state index in [1.54, 1.807) is 6.07 Å². The number of benzene rings is 1. The molecule has 0 radical (unpaired) electrons. The van der Waals surface area contributed by atoms with Crippen LogP contribution < -0.4 is 11.1 Å². The Morgan fingerprint density at radius 1 is 1.10 bits per heavy atom. The first-order chi connectivity index (χ1) is 14.4. The van der Waals surface area contributed by atoms with Crippen LogP contribution in [-0.4, -0.2) is 30.9 Å². The zero-order chi connectivity index (χ0) is 21.3. The molecule has 1 aromatic carbocycles. The normalized spacial score (nSPS) is 10.8. The lowest BCUT2D eigenvalue weighted by Gasteiger charge is -2.10. The highest BCUT2D eigenvalue weighted by atomic mass is 35.5. The number of pyridine rings is 2. The lowest BCUT2D eigenvalue weighted by atomic mass is 10.1. The van der Waals surface area contributed by atoms with E-state index in [1.165, 1.54) is 53.7 Å². The lowest BCUT2D eigenvalue weighted by molar-refractivity contribution is 0.102. The molecule has 150 valence electrons. The van der Waals surface area contributed by atoms with E-state index in [0.29, 0.717) is 22.8 Å². The molecule has 0 spiro atoms. The second-order valence-corrected chi connectivity index (χ2v) is 6.83. The number of nitrogens with two attached hydrogens (primary N) is 1. The van der Waals surface area contributed by atoms with Crippen LogP contribution in [0, 0.1) is 5.82 Å². The molecular weight excluding hydrogens is 432 g/mol. The first-order valence-corrected chi connectivity index (χ1v) is 9.23. The molecule has 11 heteroatoms. The zero-order valence-electron chi connectivity index (χ0n) is 15.1. The summed E-state index contributed by atoms with van der Waals surface area (Å²) in [5.41, 5.74) is 7.44. The molecule has 3 N–H and O–H groups in total. The summed E-state index contributed by atoms with van der Waals surface area (Å²) in [6, 6.07) is 8.53. The van der Waals surface area contributed by atoms with E-state index in [-0.39, 0.29) is 21.4 Å². The average Bonchev–Trinajstić information content (AvgIpc) is 3.22. The zero-order valence-corrected chi connectivity index (χ0v) is 16.6. The van der Waals surface area contributed by atoms with E-state index in [0.717, 1.165) is 0 Å². The van der Waals surface area contributed by atoms with E-state index in [2.05, 4.69) is 25.5 Å². The Kier molecular flexibility index (Phi) is 5.30. The Morgan fingerprint density at radius 3 is 2.53 bits per heavy atom. The molecular formula is C19H12Cl2FN7O. The largest absolute Gasteiger partial charge is 0.398 e. The fraction of sp³-hybridized carbons (Fsp3) is 0. The molecule has 30 heavy (non-hydrogen) atoms.